The van der Waals surface area contributed by atoms with E-state index in [0.717, 1.165) is 51.0 Å². The Morgan fingerprint density at radius 3 is 2.38 bits per heavy atom. The zero-order valence-electron chi connectivity index (χ0n) is 14.0. The number of nitrogens with one attached hydrogen (secondary N) is 1. The highest BCUT2D eigenvalue weighted by Gasteiger charge is 2.32. The minimum atomic E-state index is -0.114. The number of amides is 2. The number of hydrogen-bond donors (Lipinski definition) is 1. The van der Waals surface area contributed by atoms with Gasteiger partial charge in [-0.2, -0.15) is 0 Å². The van der Waals surface area contributed by atoms with Crippen molar-refractivity contribution in [2.24, 2.45) is 0 Å². The number of halogens is 1. The van der Waals surface area contributed by atoms with Crippen LogP contribution in [-0.2, 0) is 9.59 Å². The highest BCUT2D eigenvalue weighted by molar-refractivity contribution is 6.30. The van der Waals surface area contributed by atoms with Gasteiger partial charge in [-0.25, -0.2) is 0 Å². The second-order valence-corrected chi connectivity index (χ2v) is 7.05. The summed E-state index contributed by atoms with van der Waals surface area (Å²) in [6.45, 7) is 3.95. The maximum atomic E-state index is 12.7. The van der Waals surface area contributed by atoms with E-state index < -0.39 is 0 Å². The van der Waals surface area contributed by atoms with E-state index in [0.29, 0.717) is 5.02 Å². The molecule has 0 aliphatic carbocycles. The quantitative estimate of drug-likeness (QED) is 0.911. The molecule has 130 valence electrons. The minimum Gasteiger partial charge on any atom is -0.360 e. The normalized spacial score (nSPS) is 21.8. The molecule has 5 nitrogen and oxygen atoms in total. The predicted octanol–water partition coefficient (Wildman–Crippen LogP) is 2.44. The van der Waals surface area contributed by atoms with E-state index in [1.54, 1.807) is 6.92 Å². The Morgan fingerprint density at radius 1 is 1.08 bits per heavy atom. The van der Waals surface area contributed by atoms with E-state index in [-0.39, 0.29) is 23.9 Å². The lowest BCUT2D eigenvalue weighted by Gasteiger charge is -2.33. The number of benzene rings is 1. The molecule has 2 saturated heterocycles. The second-order valence-electron chi connectivity index (χ2n) is 6.62. The molecule has 2 aliphatic rings. The molecule has 0 bridgehead atoms. The number of hydrogen-bond acceptors (Lipinski definition) is 3. The van der Waals surface area contributed by atoms with Gasteiger partial charge in [0.05, 0.1) is 0 Å². The van der Waals surface area contributed by atoms with Gasteiger partial charge in [0.15, 0.2) is 0 Å². The third-order valence-electron chi connectivity index (χ3n) is 5.00. The molecule has 2 fully saturated rings. The van der Waals surface area contributed by atoms with Crippen molar-refractivity contribution in [3.63, 3.8) is 0 Å². The fraction of sp³-hybridized carbons (Fsp3) is 0.556. The number of carbonyl (C=O) groups is 2. The van der Waals surface area contributed by atoms with Gasteiger partial charge in [0, 0.05) is 43.3 Å². The fourth-order valence-corrected chi connectivity index (χ4v) is 3.74. The molecule has 1 aromatic rings. The summed E-state index contributed by atoms with van der Waals surface area (Å²) in [4.78, 5) is 28.1. The average molecular weight is 350 g/mol. The van der Waals surface area contributed by atoms with Crippen molar-refractivity contribution in [3.05, 3.63) is 29.3 Å². The highest BCUT2D eigenvalue weighted by atomic mass is 35.5. The van der Waals surface area contributed by atoms with Crippen LogP contribution in [0.1, 0.15) is 32.6 Å². The SMILES string of the molecule is CC(=O)N1CCC(NC(=O)[C@@H]2CCCN2c2ccc(Cl)cc2)CC1. The molecule has 0 radical (unpaired) electrons. The third-order valence-corrected chi connectivity index (χ3v) is 5.25. The lowest BCUT2D eigenvalue weighted by molar-refractivity contribution is -0.130. The molecule has 0 aromatic heterocycles. The average Bonchev–Trinajstić information content (AvgIpc) is 3.06. The van der Waals surface area contributed by atoms with Crippen LogP contribution in [0.5, 0.6) is 0 Å². The first kappa shape index (κ1) is 17.1. The summed E-state index contributed by atoms with van der Waals surface area (Å²) < 4.78 is 0. The largest absolute Gasteiger partial charge is 0.360 e. The minimum absolute atomic E-state index is 0.101. The lowest BCUT2D eigenvalue weighted by atomic mass is 10.0. The van der Waals surface area contributed by atoms with E-state index in [4.69, 9.17) is 11.6 Å². The van der Waals surface area contributed by atoms with Gasteiger partial charge in [-0.1, -0.05) is 11.6 Å². The molecule has 0 saturated carbocycles. The van der Waals surface area contributed by atoms with E-state index >= 15 is 0 Å². The Kier molecular flexibility index (Phi) is 5.29. The van der Waals surface area contributed by atoms with Crippen LogP contribution in [0.25, 0.3) is 0 Å². The van der Waals surface area contributed by atoms with Gasteiger partial charge in [-0.15, -0.1) is 0 Å². The molecule has 6 heteroatoms. The Balaban J connectivity index is 1.58. The molecule has 2 aliphatic heterocycles. The summed E-state index contributed by atoms with van der Waals surface area (Å²) in [6.07, 6.45) is 3.56. The van der Waals surface area contributed by atoms with Gasteiger partial charge in [0.1, 0.15) is 6.04 Å². The molecule has 0 spiro atoms. The van der Waals surface area contributed by atoms with Gasteiger partial charge in [0.25, 0.3) is 0 Å². The molecule has 2 heterocycles. The lowest BCUT2D eigenvalue weighted by Crippen LogP contribution is -2.51. The zero-order valence-corrected chi connectivity index (χ0v) is 14.8. The first-order valence-corrected chi connectivity index (χ1v) is 9.00. The molecule has 1 N–H and O–H groups in total. The van der Waals surface area contributed by atoms with Crippen LogP contribution in [0.2, 0.25) is 5.02 Å². The summed E-state index contributed by atoms with van der Waals surface area (Å²) in [6, 6.07) is 7.72. The van der Waals surface area contributed by atoms with Crippen LogP contribution in [-0.4, -0.2) is 48.4 Å². The topological polar surface area (TPSA) is 52.7 Å². The van der Waals surface area contributed by atoms with E-state index in [2.05, 4.69) is 10.2 Å². The van der Waals surface area contributed by atoms with Crippen LogP contribution in [0.3, 0.4) is 0 Å². The first-order chi connectivity index (χ1) is 11.5. The molecular weight excluding hydrogens is 326 g/mol. The van der Waals surface area contributed by atoms with Crippen LogP contribution in [0.4, 0.5) is 5.69 Å². The maximum absolute atomic E-state index is 12.7. The summed E-state index contributed by atoms with van der Waals surface area (Å²) in [5, 5.41) is 3.89. The molecule has 2 amide bonds. The predicted molar refractivity (Wildman–Crippen MR) is 95.2 cm³/mol. The Bertz CT molecular complexity index is 597. The van der Waals surface area contributed by atoms with Gasteiger partial charge in [0.2, 0.25) is 11.8 Å². The van der Waals surface area contributed by atoms with Gasteiger partial charge in [-0.3, -0.25) is 9.59 Å². The summed E-state index contributed by atoms with van der Waals surface area (Å²) in [7, 11) is 0. The number of rotatable bonds is 3. The van der Waals surface area contributed by atoms with Gasteiger partial charge < -0.3 is 15.1 Å². The van der Waals surface area contributed by atoms with E-state index in [1.165, 1.54) is 0 Å². The Labute approximate surface area is 147 Å². The zero-order chi connectivity index (χ0) is 17.1. The van der Waals surface area contributed by atoms with Crippen molar-refractivity contribution in [1.82, 2.24) is 10.2 Å². The number of anilines is 1. The second kappa shape index (κ2) is 7.43. The molecule has 3 rings (SSSR count). The Morgan fingerprint density at radius 2 is 1.75 bits per heavy atom. The van der Waals surface area contributed by atoms with E-state index in [1.807, 2.05) is 29.2 Å². The number of nitrogens with zero attached hydrogens (tertiary/aromatic N) is 2. The van der Waals surface area contributed by atoms with Crippen molar-refractivity contribution in [2.45, 2.75) is 44.7 Å². The van der Waals surface area contributed by atoms with Crippen molar-refractivity contribution in [2.75, 3.05) is 24.5 Å². The number of likely N-dealkylation sites (tertiary alicyclic amines) is 1. The van der Waals surface area contributed by atoms with Crippen molar-refractivity contribution in [3.8, 4) is 0 Å². The highest BCUT2D eigenvalue weighted by Crippen LogP contribution is 2.27. The summed E-state index contributed by atoms with van der Waals surface area (Å²) >= 11 is 5.95. The van der Waals surface area contributed by atoms with E-state index in [9.17, 15) is 9.59 Å². The van der Waals surface area contributed by atoms with Crippen molar-refractivity contribution < 1.29 is 9.59 Å². The summed E-state index contributed by atoms with van der Waals surface area (Å²) in [5.74, 6) is 0.216. The molecule has 1 atom stereocenters. The monoisotopic (exact) mass is 349 g/mol. The number of carbonyl (C=O) groups excluding carboxylic acids is 2. The number of piperidine rings is 1. The smallest absolute Gasteiger partial charge is 0.242 e. The molecule has 24 heavy (non-hydrogen) atoms. The Hall–Kier alpha value is -1.75. The van der Waals surface area contributed by atoms with Crippen molar-refractivity contribution in [1.29, 1.82) is 0 Å². The van der Waals surface area contributed by atoms with Crippen molar-refractivity contribution >= 4 is 29.1 Å². The van der Waals surface area contributed by atoms with Gasteiger partial charge >= 0.3 is 0 Å². The van der Waals surface area contributed by atoms with Crippen LogP contribution in [0, 0.1) is 0 Å². The summed E-state index contributed by atoms with van der Waals surface area (Å²) in [5.41, 5.74) is 1.04. The van der Waals surface area contributed by atoms with Crippen LogP contribution < -0.4 is 10.2 Å². The standard InChI is InChI=1S/C18H24ClN3O2/c1-13(23)21-11-8-15(9-12-21)20-18(24)17-3-2-10-22(17)16-6-4-14(19)5-7-16/h4-7,15,17H,2-3,8-12H2,1H3,(H,20,24)/t17-/m0/s1. The van der Waals surface area contributed by atoms with Crippen LogP contribution in [0.15, 0.2) is 24.3 Å². The first-order valence-electron chi connectivity index (χ1n) is 8.62. The maximum Gasteiger partial charge on any atom is 0.242 e. The molecular formula is C18H24ClN3O2. The van der Waals surface area contributed by atoms with Gasteiger partial charge in [-0.05, 0) is 49.9 Å². The fourth-order valence-electron chi connectivity index (χ4n) is 3.62. The third kappa shape index (κ3) is 3.83. The van der Waals surface area contributed by atoms with Crippen LogP contribution >= 0.6 is 11.6 Å². The molecule has 0 unspecified atom stereocenters. The molecule has 1 aromatic carbocycles.